The first kappa shape index (κ1) is 65.1. The molecule has 1 fully saturated rings. The zero-order valence-electron chi connectivity index (χ0n) is 45.7. The second kappa shape index (κ2) is 48.4. The normalized spacial score (nSPS) is 13.9. The van der Waals surface area contributed by atoms with Crippen molar-refractivity contribution in [3.63, 3.8) is 0 Å². The molecule has 1 rings (SSSR count). The van der Waals surface area contributed by atoms with Crippen LogP contribution in [0.4, 0.5) is 4.79 Å². The number of esters is 4. The van der Waals surface area contributed by atoms with E-state index in [1.54, 1.807) is 0 Å². The van der Waals surface area contributed by atoms with Crippen molar-refractivity contribution >= 4 is 30.0 Å². The first-order valence-electron chi connectivity index (χ1n) is 29.5. The van der Waals surface area contributed by atoms with Crippen LogP contribution in [0.3, 0.4) is 0 Å². The first-order chi connectivity index (χ1) is 34.2. The molecule has 0 aromatic rings. The van der Waals surface area contributed by atoms with Gasteiger partial charge in [0.2, 0.25) is 6.10 Å². The lowest BCUT2D eigenvalue weighted by Crippen LogP contribution is -2.32. The highest BCUT2D eigenvalue weighted by Gasteiger charge is 2.27. The fourth-order valence-electron chi connectivity index (χ4n) is 9.13. The molecule has 1 heterocycles. The average Bonchev–Trinajstić information content (AvgIpc) is 3.87. The maximum absolute atomic E-state index is 13.1. The van der Waals surface area contributed by atoms with Crippen LogP contribution in [0.5, 0.6) is 0 Å². The summed E-state index contributed by atoms with van der Waals surface area (Å²) in [5, 5.41) is 0. The van der Waals surface area contributed by atoms with E-state index in [0.29, 0.717) is 32.2 Å². The van der Waals surface area contributed by atoms with E-state index in [4.69, 9.17) is 28.4 Å². The molecule has 0 N–H and O–H groups in total. The van der Waals surface area contributed by atoms with Gasteiger partial charge in [-0.1, -0.05) is 169 Å². The fraction of sp³-hybridized carbons (Fsp3) is 0.914. The highest BCUT2D eigenvalue weighted by Crippen LogP contribution is 2.20. The Labute approximate surface area is 428 Å². The van der Waals surface area contributed by atoms with Gasteiger partial charge in [0.25, 0.3) is 0 Å². The van der Waals surface area contributed by atoms with Crippen LogP contribution in [0.15, 0.2) is 0 Å². The van der Waals surface area contributed by atoms with Crippen LogP contribution in [0.2, 0.25) is 0 Å². The Hall–Kier alpha value is -2.89. The smallest absolute Gasteiger partial charge is 0.466 e. The molecule has 1 aliphatic rings. The van der Waals surface area contributed by atoms with Crippen LogP contribution in [-0.4, -0.2) is 92.7 Å². The quantitative estimate of drug-likeness (QED) is 0.0325. The average molecular weight is 994 g/mol. The zero-order valence-corrected chi connectivity index (χ0v) is 45.7. The van der Waals surface area contributed by atoms with Gasteiger partial charge in [-0.3, -0.25) is 19.3 Å². The van der Waals surface area contributed by atoms with E-state index in [2.05, 4.69) is 32.6 Å². The van der Waals surface area contributed by atoms with Crippen molar-refractivity contribution in [3.8, 4) is 0 Å². The van der Waals surface area contributed by atoms with Crippen LogP contribution in [0.25, 0.3) is 0 Å². The number of nitrogens with zero attached hydrogens (tertiary/aromatic N) is 1. The van der Waals surface area contributed by atoms with Crippen molar-refractivity contribution < 1.29 is 52.4 Å². The van der Waals surface area contributed by atoms with E-state index in [1.165, 1.54) is 103 Å². The summed E-state index contributed by atoms with van der Waals surface area (Å²) < 4.78 is 33.6. The molecular formula is C58H107NO11. The van der Waals surface area contributed by atoms with Crippen molar-refractivity contribution in [2.45, 2.75) is 303 Å². The third-order valence-electron chi connectivity index (χ3n) is 13.6. The summed E-state index contributed by atoms with van der Waals surface area (Å²) in [6.07, 6.45) is 37.1. The topological polar surface area (TPSA) is 144 Å². The number of hydrogen-bond donors (Lipinski definition) is 0. The largest absolute Gasteiger partial charge is 0.509 e. The van der Waals surface area contributed by atoms with Crippen LogP contribution >= 0.6 is 0 Å². The van der Waals surface area contributed by atoms with E-state index in [0.717, 1.165) is 129 Å². The van der Waals surface area contributed by atoms with Gasteiger partial charge in [-0.2, -0.15) is 0 Å². The number of rotatable bonds is 50. The molecule has 12 nitrogen and oxygen atoms in total. The van der Waals surface area contributed by atoms with Gasteiger partial charge in [-0.25, -0.2) is 9.59 Å². The molecule has 12 heteroatoms. The molecule has 0 spiro atoms. The summed E-state index contributed by atoms with van der Waals surface area (Å²) in [5.74, 6) is -1.36. The minimum atomic E-state index is -1.28. The Kier molecular flexibility index (Phi) is 45.0. The Morgan fingerprint density at radius 1 is 0.371 bits per heavy atom. The summed E-state index contributed by atoms with van der Waals surface area (Å²) in [6, 6.07) is 0. The molecule has 3 atom stereocenters. The number of hydrogen-bond acceptors (Lipinski definition) is 12. The van der Waals surface area contributed by atoms with E-state index in [9.17, 15) is 24.0 Å². The predicted molar refractivity (Wildman–Crippen MR) is 282 cm³/mol. The molecule has 1 aliphatic heterocycles. The Morgan fingerprint density at radius 2 is 0.757 bits per heavy atom. The third kappa shape index (κ3) is 40.7. The lowest BCUT2D eigenvalue weighted by molar-refractivity contribution is -0.157. The molecular weight excluding hydrogens is 887 g/mol. The van der Waals surface area contributed by atoms with E-state index in [-0.39, 0.29) is 56.8 Å². The van der Waals surface area contributed by atoms with Gasteiger partial charge in [-0.05, 0) is 103 Å². The lowest BCUT2D eigenvalue weighted by atomic mass is 10.0. The van der Waals surface area contributed by atoms with Gasteiger partial charge < -0.3 is 28.4 Å². The summed E-state index contributed by atoms with van der Waals surface area (Å²) in [5.41, 5.74) is 0. The highest BCUT2D eigenvalue weighted by atomic mass is 16.7. The number of carbonyl (C=O) groups excluding carboxylic acids is 5. The molecule has 0 aromatic carbocycles. The maximum Gasteiger partial charge on any atom is 0.509 e. The third-order valence-corrected chi connectivity index (χ3v) is 13.6. The van der Waals surface area contributed by atoms with Gasteiger partial charge in [0.1, 0.15) is 18.8 Å². The summed E-state index contributed by atoms with van der Waals surface area (Å²) >= 11 is 0. The molecule has 0 saturated carbocycles. The maximum atomic E-state index is 13.1. The molecule has 3 unspecified atom stereocenters. The predicted octanol–water partition coefficient (Wildman–Crippen LogP) is 15.4. The molecule has 0 aliphatic carbocycles. The number of ether oxygens (including phenoxy) is 6. The SMILES string of the molecule is CCCCCCCCC(CCCCCC)OC(=O)CCCCCCCOC(=O)CCC(OC(=O)OCCN1CCCC1)C(=O)OCCCCCCCC(=O)OC(CCCCCC)CCCCCCCC. The fourth-order valence-corrected chi connectivity index (χ4v) is 9.13. The van der Waals surface area contributed by atoms with Gasteiger partial charge in [0.05, 0.1) is 13.2 Å². The summed E-state index contributed by atoms with van der Waals surface area (Å²) in [4.78, 5) is 66.1. The molecule has 70 heavy (non-hydrogen) atoms. The van der Waals surface area contributed by atoms with Crippen LogP contribution < -0.4 is 0 Å². The van der Waals surface area contributed by atoms with Gasteiger partial charge in [-0.15, -0.1) is 0 Å². The minimum Gasteiger partial charge on any atom is -0.466 e. The molecule has 0 amide bonds. The van der Waals surface area contributed by atoms with E-state index < -0.39 is 24.2 Å². The Balaban J connectivity index is 2.40. The lowest BCUT2D eigenvalue weighted by Gasteiger charge is -2.18. The monoisotopic (exact) mass is 994 g/mol. The van der Waals surface area contributed by atoms with Crippen LogP contribution in [0, 0.1) is 0 Å². The summed E-state index contributed by atoms with van der Waals surface area (Å²) in [6.45, 7) is 12.0. The van der Waals surface area contributed by atoms with Crippen molar-refractivity contribution in [3.05, 3.63) is 0 Å². The van der Waals surface area contributed by atoms with Crippen molar-refractivity contribution in [1.82, 2.24) is 4.90 Å². The number of unbranched alkanes of at least 4 members (excludes halogenated alkanes) is 24. The molecule has 0 aromatic heterocycles. The van der Waals surface area contributed by atoms with Gasteiger partial charge in [0.15, 0.2) is 0 Å². The second-order valence-electron chi connectivity index (χ2n) is 20.3. The first-order valence-corrected chi connectivity index (χ1v) is 29.5. The van der Waals surface area contributed by atoms with Crippen LogP contribution in [-0.2, 0) is 47.6 Å². The van der Waals surface area contributed by atoms with E-state index in [1.807, 2.05) is 0 Å². The minimum absolute atomic E-state index is 0.0278. The van der Waals surface area contributed by atoms with Crippen LogP contribution in [0.1, 0.15) is 285 Å². The van der Waals surface area contributed by atoms with Crippen molar-refractivity contribution in [2.75, 3.05) is 39.5 Å². The number of carbonyl (C=O) groups is 5. The van der Waals surface area contributed by atoms with Gasteiger partial charge >= 0.3 is 30.0 Å². The second-order valence-corrected chi connectivity index (χ2v) is 20.3. The van der Waals surface area contributed by atoms with E-state index >= 15 is 0 Å². The van der Waals surface area contributed by atoms with Gasteiger partial charge in [0, 0.05) is 32.2 Å². The Morgan fingerprint density at radius 3 is 1.21 bits per heavy atom. The standard InChI is InChI=1S/C58H107NO11/c1-5-9-13-17-21-29-39-51(37-27-15-11-7-3)68-55(61)41-31-23-19-25-35-48-65-54(60)44-43-53(70-58(64)67-50-47-59-45-33-34-46-59)57(63)66-49-36-26-20-24-32-42-56(62)69-52(38-28-16-12-8-4)40-30-22-18-14-10-6-2/h51-53H,5-50H2,1-4H3. The number of likely N-dealkylation sites (tertiary alicyclic amines) is 1. The molecule has 1 saturated heterocycles. The Bertz CT molecular complexity index is 1260. The highest BCUT2D eigenvalue weighted by molar-refractivity contribution is 5.78. The molecule has 0 bridgehead atoms. The zero-order chi connectivity index (χ0) is 51.0. The van der Waals surface area contributed by atoms with Crippen molar-refractivity contribution in [2.24, 2.45) is 0 Å². The van der Waals surface area contributed by atoms with Crippen molar-refractivity contribution in [1.29, 1.82) is 0 Å². The molecule has 0 radical (unpaired) electrons. The molecule has 410 valence electrons. The summed E-state index contributed by atoms with van der Waals surface area (Å²) in [7, 11) is 0.